The average Bonchev–Trinajstić information content (AvgIpc) is 3.31. The molecule has 3 aliphatic rings. The molecule has 0 radical (unpaired) electrons. The van der Waals surface area contributed by atoms with Gasteiger partial charge in [0.1, 0.15) is 5.76 Å². The largest absolute Gasteiger partial charge is 0.465 e. The van der Waals surface area contributed by atoms with E-state index in [1.807, 2.05) is 6.26 Å². The van der Waals surface area contributed by atoms with E-state index in [0.717, 1.165) is 5.54 Å². The van der Waals surface area contributed by atoms with Crippen molar-refractivity contribution in [3.05, 3.63) is 83.3 Å². The molecule has 1 unspecified atom stereocenters. The van der Waals surface area contributed by atoms with E-state index in [-0.39, 0.29) is 26.2 Å². The molecule has 1 atom stereocenters. The van der Waals surface area contributed by atoms with Crippen LogP contribution in [-0.2, 0) is 26.2 Å². The fourth-order valence-electron chi connectivity index (χ4n) is 5.22. The van der Waals surface area contributed by atoms with E-state index in [2.05, 4.69) is 81.5 Å². The SMILES string of the molecule is CC1=C2c3occc3C1[Si]2(C)C.Cc1cc2c(ccc3ccccc32)[cH-]1.[Zr]. The molecular weight excluding hydrogens is 424 g/mol. The summed E-state index contributed by atoms with van der Waals surface area (Å²) in [6.07, 6.45) is 1.83. The zero-order valence-corrected chi connectivity index (χ0v) is 19.7. The van der Waals surface area contributed by atoms with Crippen molar-refractivity contribution < 1.29 is 30.6 Å². The number of hydrogen-bond donors (Lipinski definition) is 0. The molecule has 0 amide bonds. The minimum atomic E-state index is -1.08. The number of rotatable bonds is 0. The van der Waals surface area contributed by atoms with Gasteiger partial charge in [-0.3, -0.25) is 0 Å². The van der Waals surface area contributed by atoms with Crippen LogP contribution in [-0.4, -0.2) is 8.07 Å². The van der Waals surface area contributed by atoms with Gasteiger partial charge in [-0.2, -0.15) is 6.07 Å². The van der Waals surface area contributed by atoms with Crippen LogP contribution in [0.2, 0.25) is 13.1 Å². The zero-order chi connectivity index (χ0) is 18.1. The Hall–Kier alpha value is -1.57. The summed E-state index contributed by atoms with van der Waals surface area (Å²) in [5.74, 6) is 1.22. The zero-order valence-electron chi connectivity index (χ0n) is 16.3. The van der Waals surface area contributed by atoms with E-state index < -0.39 is 8.07 Å². The van der Waals surface area contributed by atoms with Crippen LogP contribution in [0.1, 0.15) is 29.4 Å². The molecule has 1 nitrogen and oxygen atoms in total. The number of benzene rings is 2. The van der Waals surface area contributed by atoms with Crippen molar-refractivity contribution >= 4 is 34.8 Å². The van der Waals surface area contributed by atoms with Crippen molar-refractivity contribution in [1.29, 1.82) is 0 Å². The number of fused-ring (bicyclic) bond motifs is 3. The van der Waals surface area contributed by atoms with E-state index in [4.69, 9.17) is 4.42 Å². The maximum atomic E-state index is 5.51. The van der Waals surface area contributed by atoms with Crippen LogP contribution in [0.5, 0.6) is 0 Å². The number of furan rings is 1. The predicted molar refractivity (Wildman–Crippen MR) is 113 cm³/mol. The molecular formula is C24H23OSiZr-. The van der Waals surface area contributed by atoms with E-state index in [9.17, 15) is 0 Å². The Balaban J connectivity index is 0.000000130. The first-order chi connectivity index (χ1) is 12.5. The maximum Gasteiger partial charge on any atom is 0.129 e. The average molecular weight is 447 g/mol. The van der Waals surface area contributed by atoms with Gasteiger partial charge in [-0.25, -0.2) is 0 Å². The Kier molecular flexibility index (Phi) is 4.52. The van der Waals surface area contributed by atoms with Gasteiger partial charge in [0, 0.05) is 37.3 Å². The third-order valence-corrected chi connectivity index (χ3v) is 10.3. The van der Waals surface area contributed by atoms with Crippen LogP contribution < -0.4 is 0 Å². The van der Waals surface area contributed by atoms with Crippen LogP contribution >= 0.6 is 0 Å². The Bertz CT molecular complexity index is 1190. The molecule has 3 heterocycles. The van der Waals surface area contributed by atoms with Crippen LogP contribution in [0.15, 0.2) is 70.9 Å². The molecule has 0 spiro atoms. The summed E-state index contributed by atoms with van der Waals surface area (Å²) in [5, 5.41) is 7.00. The van der Waals surface area contributed by atoms with Crippen molar-refractivity contribution in [2.24, 2.45) is 0 Å². The molecule has 1 aliphatic carbocycles. The van der Waals surface area contributed by atoms with Gasteiger partial charge >= 0.3 is 0 Å². The third-order valence-electron chi connectivity index (χ3n) is 6.19. The number of allylic oxidation sites excluding steroid dienone is 1. The van der Waals surface area contributed by atoms with Crippen LogP contribution in [0.25, 0.3) is 26.7 Å². The normalized spacial score (nSPS) is 18.6. The van der Waals surface area contributed by atoms with Crippen LogP contribution in [0.4, 0.5) is 0 Å². The van der Waals surface area contributed by atoms with Crippen molar-refractivity contribution in [3.63, 3.8) is 0 Å². The van der Waals surface area contributed by atoms with Gasteiger partial charge in [-0.1, -0.05) is 61.3 Å². The summed E-state index contributed by atoms with van der Waals surface area (Å²) in [6.45, 7) is 9.29. The van der Waals surface area contributed by atoms with Gasteiger partial charge in [-0.05, 0) is 23.6 Å². The summed E-state index contributed by atoms with van der Waals surface area (Å²) in [4.78, 5) is 0. The van der Waals surface area contributed by atoms with Gasteiger partial charge in [0.15, 0.2) is 0 Å². The second kappa shape index (κ2) is 6.50. The van der Waals surface area contributed by atoms with Gasteiger partial charge in [0.2, 0.25) is 0 Å². The molecule has 27 heavy (non-hydrogen) atoms. The number of aryl methyl sites for hydroxylation is 1. The smallest absolute Gasteiger partial charge is 0.129 e. The van der Waals surface area contributed by atoms with E-state index >= 15 is 0 Å². The fraction of sp³-hybridized carbons (Fsp3) is 0.208. The topological polar surface area (TPSA) is 13.1 Å². The summed E-state index contributed by atoms with van der Waals surface area (Å²) in [5.41, 5.74) is 5.18. The molecule has 2 aliphatic heterocycles. The number of hydrogen-bond acceptors (Lipinski definition) is 1. The molecule has 2 bridgehead atoms. The second-order valence-corrected chi connectivity index (χ2v) is 12.8. The van der Waals surface area contributed by atoms with Gasteiger partial charge in [0.25, 0.3) is 0 Å². The first kappa shape index (κ1) is 18.8. The van der Waals surface area contributed by atoms with Crippen LogP contribution in [0, 0.1) is 6.92 Å². The summed E-state index contributed by atoms with van der Waals surface area (Å²) >= 11 is 0. The summed E-state index contributed by atoms with van der Waals surface area (Å²) < 4.78 is 5.51. The van der Waals surface area contributed by atoms with E-state index in [1.54, 1.807) is 10.8 Å². The van der Waals surface area contributed by atoms with Crippen molar-refractivity contribution in [3.8, 4) is 0 Å². The van der Waals surface area contributed by atoms with Crippen LogP contribution in [0.3, 0.4) is 0 Å². The molecule has 0 fully saturated rings. The van der Waals surface area contributed by atoms with E-state index in [1.165, 1.54) is 38.4 Å². The third kappa shape index (κ3) is 2.62. The minimum Gasteiger partial charge on any atom is -0.465 e. The minimum absolute atomic E-state index is 0. The molecule has 3 aromatic carbocycles. The van der Waals surface area contributed by atoms with Crippen molar-refractivity contribution in [2.45, 2.75) is 32.5 Å². The Labute approximate surface area is 180 Å². The van der Waals surface area contributed by atoms with Gasteiger partial charge < -0.3 is 4.42 Å². The van der Waals surface area contributed by atoms with Crippen molar-refractivity contribution in [1.82, 2.24) is 0 Å². The van der Waals surface area contributed by atoms with Gasteiger partial charge in [0.05, 0.1) is 14.3 Å². The molecule has 134 valence electrons. The Morgan fingerprint density at radius 1 is 0.963 bits per heavy atom. The second-order valence-electron chi connectivity index (χ2n) is 8.24. The molecule has 4 aromatic rings. The molecule has 0 saturated heterocycles. The molecule has 3 heteroatoms. The Morgan fingerprint density at radius 2 is 1.74 bits per heavy atom. The first-order valence-electron chi connectivity index (χ1n) is 9.32. The maximum absolute atomic E-state index is 5.51. The summed E-state index contributed by atoms with van der Waals surface area (Å²) in [6, 6.07) is 19.6. The molecule has 7 rings (SSSR count). The van der Waals surface area contributed by atoms with Crippen molar-refractivity contribution in [2.75, 3.05) is 0 Å². The quantitative estimate of drug-likeness (QED) is 0.210. The Morgan fingerprint density at radius 3 is 2.48 bits per heavy atom. The monoisotopic (exact) mass is 445 g/mol. The molecule has 0 saturated carbocycles. The van der Waals surface area contributed by atoms with Gasteiger partial charge in [-0.15, -0.1) is 28.5 Å². The van der Waals surface area contributed by atoms with E-state index in [0.29, 0.717) is 0 Å². The molecule has 1 aromatic heterocycles. The molecule has 0 N–H and O–H groups in total. The fourth-order valence-corrected chi connectivity index (χ4v) is 9.46. The predicted octanol–water partition coefficient (Wildman–Crippen LogP) is 6.97. The standard InChI is InChI=1S/C14H11.C10H12OSi.Zr/c1-10-8-12-7-6-11-4-2-3-5-13(11)14(12)9-10;1-6-9-7-4-5-11-8(7)10(6)12(9,2)3;/h2-9H,1H3;4-5,9H,1-3H3;/q-1;;. The first-order valence-corrected chi connectivity index (χ1v) is 12.4. The summed E-state index contributed by atoms with van der Waals surface area (Å²) in [7, 11) is -1.08.